The predicted molar refractivity (Wildman–Crippen MR) is 87.2 cm³/mol. The molecule has 0 aliphatic heterocycles. The van der Waals surface area contributed by atoms with Crippen LogP contribution in [-0.4, -0.2) is 20.9 Å². The number of nitrogens with zero attached hydrogens (tertiary/aromatic N) is 3. The van der Waals surface area contributed by atoms with Crippen LogP contribution >= 0.6 is 0 Å². The Morgan fingerprint density at radius 3 is 2.81 bits per heavy atom. The van der Waals surface area contributed by atoms with Crippen LogP contribution in [0.25, 0.3) is 5.65 Å². The molecule has 0 saturated heterocycles. The lowest BCUT2D eigenvalue weighted by Gasteiger charge is -2.09. The molecule has 0 unspecified atom stereocenters. The molecule has 0 aromatic carbocycles. The van der Waals surface area contributed by atoms with Crippen molar-refractivity contribution in [2.75, 3.05) is 17.3 Å². The number of anilines is 2. The average Bonchev–Trinajstić information content (AvgIpc) is 2.94. The monoisotopic (exact) mass is 290 g/mol. The number of nitrogens with one attached hydrogen (secondary N) is 2. The van der Waals surface area contributed by atoms with E-state index in [-0.39, 0.29) is 0 Å². The Bertz CT molecular complexity index is 548. The van der Waals surface area contributed by atoms with Crippen LogP contribution in [0, 0.1) is 5.92 Å². The van der Waals surface area contributed by atoms with E-state index in [1.165, 1.54) is 25.7 Å². The quantitative estimate of drug-likeness (QED) is 0.376. The number of rotatable bonds is 9. The highest BCUT2D eigenvalue weighted by atomic mass is 15.3. The molecule has 2 rings (SSSR count). The average molecular weight is 290 g/mol. The van der Waals surface area contributed by atoms with Crippen LogP contribution in [-0.2, 0) is 0 Å². The van der Waals surface area contributed by atoms with Gasteiger partial charge in [0.25, 0.3) is 0 Å². The molecule has 0 aliphatic rings. The van der Waals surface area contributed by atoms with Gasteiger partial charge in [-0.05, 0) is 12.3 Å². The van der Waals surface area contributed by atoms with E-state index in [1.54, 1.807) is 6.20 Å². The summed E-state index contributed by atoms with van der Waals surface area (Å²) < 4.78 is 1.91. The number of nitrogens with two attached hydrogens (primary N) is 1. The number of aromatic nitrogens is 3. The summed E-state index contributed by atoms with van der Waals surface area (Å²) in [6.07, 6.45) is 11.8. The van der Waals surface area contributed by atoms with E-state index in [0.29, 0.717) is 5.82 Å². The molecule has 116 valence electrons. The van der Waals surface area contributed by atoms with Gasteiger partial charge in [0.05, 0.1) is 6.20 Å². The molecule has 0 fully saturated rings. The Hall–Kier alpha value is -1.82. The van der Waals surface area contributed by atoms with E-state index in [2.05, 4.69) is 34.6 Å². The number of fused-ring (bicyclic) bond motifs is 1. The third kappa shape index (κ3) is 4.60. The highest BCUT2D eigenvalue weighted by Gasteiger charge is 2.06. The molecule has 0 saturated carbocycles. The van der Waals surface area contributed by atoms with Crippen molar-refractivity contribution in [3.63, 3.8) is 0 Å². The van der Waals surface area contributed by atoms with Crippen molar-refractivity contribution < 1.29 is 0 Å². The fourth-order valence-electron chi connectivity index (χ4n) is 2.36. The molecule has 6 heteroatoms. The van der Waals surface area contributed by atoms with Crippen LogP contribution in [0.2, 0.25) is 0 Å². The molecule has 4 N–H and O–H groups in total. The molecule has 0 spiro atoms. The molecule has 0 aliphatic carbocycles. The maximum absolute atomic E-state index is 5.44. The molecule has 21 heavy (non-hydrogen) atoms. The Morgan fingerprint density at radius 1 is 1.24 bits per heavy atom. The van der Waals surface area contributed by atoms with E-state index in [9.17, 15) is 0 Å². The lowest BCUT2D eigenvalue weighted by molar-refractivity contribution is 0.523. The van der Waals surface area contributed by atoms with Crippen molar-refractivity contribution in [2.24, 2.45) is 11.8 Å². The highest BCUT2D eigenvalue weighted by Crippen LogP contribution is 2.16. The lowest BCUT2D eigenvalue weighted by atomic mass is 10.0. The summed E-state index contributed by atoms with van der Waals surface area (Å²) >= 11 is 0. The van der Waals surface area contributed by atoms with Crippen LogP contribution in [0.3, 0.4) is 0 Å². The highest BCUT2D eigenvalue weighted by molar-refractivity contribution is 5.65. The summed E-state index contributed by atoms with van der Waals surface area (Å²) in [7, 11) is 0. The maximum atomic E-state index is 5.44. The maximum Gasteiger partial charge on any atom is 0.180 e. The summed E-state index contributed by atoms with van der Waals surface area (Å²) in [6, 6.07) is 0. The van der Waals surface area contributed by atoms with Crippen LogP contribution in [0.5, 0.6) is 0 Å². The minimum atomic E-state index is 0.625. The smallest absolute Gasteiger partial charge is 0.180 e. The number of nitrogen functional groups attached to an aromatic ring is 1. The third-order valence-corrected chi connectivity index (χ3v) is 3.52. The zero-order valence-electron chi connectivity index (χ0n) is 13.0. The van der Waals surface area contributed by atoms with Crippen molar-refractivity contribution in [1.29, 1.82) is 0 Å². The van der Waals surface area contributed by atoms with Gasteiger partial charge in [-0.15, -0.1) is 0 Å². The largest absolute Gasteiger partial charge is 0.367 e. The predicted octanol–water partition coefficient (Wildman–Crippen LogP) is 3.03. The summed E-state index contributed by atoms with van der Waals surface area (Å²) in [5, 5.41) is 3.36. The van der Waals surface area contributed by atoms with Crippen molar-refractivity contribution in [1.82, 2.24) is 14.4 Å². The van der Waals surface area contributed by atoms with Gasteiger partial charge in [0.15, 0.2) is 17.3 Å². The van der Waals surface area contributed by atoms with Crippen molar-refractivity contribution in [3.05, 3.63) is 18.6 Å². The lowest BCUT2D eigenvalue weighted by Crippen LogP contribution is -2.12. The first-order valence-electron chi connectivity index (χ1n) is 7.75. The topological polar surface area (TPSA) is 80.3 Å². The first kappa shape index (κ1) is 15.6. The van der Waals surface area contributed by atoms with Gasteiger partial charge in [-0.1, -0.05) is 39.5 Å². The Kier molecular flexibility index (Phi) is 5.80. The zero-order valence-corrected chi connectivity index (χ0v) is 13.0. The van der Waals surface area contributed by atoms with E-state index in [0.717, 1.165) is 30.3 Å². The fourth-order valence-corrected chi connectivity index (χ4v) is 2.36. The summed E-state index contributed by atoms with van der Waals surface area (Å²) in [5.41, 5.74) is 3.41. The first-order chi connectivity index (χ1) is 10.2. The van der Waals surface area contributed by atoms with Crippen molar-refractivity contribution >= 4 is 17.3 Å². The second-order valence-electron chi connectivity index (χ2n) is 5.80. The van der Waals surface area contributed by atoms with Gasteiger partial charge in [0, 0.05) is 18.9 Å². The zero-order chi connectivity index (χ0) is 15.1. The Balaban J connectivity index is 1.79. The van der Waals surface area contributed by atoms with Gasteiger partial charge in [0.1, 0.15) is 0 Å². The minimum absolute atomic E-state index is 0.625. The molecule has 6 nitrogen and oxygen atoms in total. The fraction of sp³-hybridized carbons (Fsp3) is 0.600. The normalized spacial score (nSPS) is 11.2. The first-order valence-corrected chi connectivity index (χ1v) is 7.75. The van der Waals surface area contributed by atoms with Crippen LogP contribution < -0.4 is 16.6 Å². The number of hydrogen-bond donors (Lipinski definition) is 3. The summed E-state index contributed by atoms with van der Waals surface area (Å²) in [4.78, 5) is 8.73. The molecule has 0 atom stereocenters. The van der Waals surface area contributed by atoms with Gasteiger partial charge >= 0.3 is 0 Å². The van der Waals surface area contributed by atoms with E-state index >= 15 is 0 Å². The Morgan fingerprint density at radius 2 is 2.05 bits per heavy atom. The van der Waals surface area contributed by atoms with Gasteiger partial charge < -0.3 is 15.1 Å². The van der Waals surface area contributed by atoms with Crippen molar-refractivity contribution in [2.45, 2.75) is 46.0 Å². The summed E-state index contributed by atoms with van der Waals surface area (Å²) in [5.74, 6) is 7.65. The van der Waals surface area contributed by atoms with Gasteiger partial charge in [-0.3, -0.25) is 0 Å². The molecule has 0 radical (unpaired) electrons. The standard InChI is InChI=1S/C15H26N6/c1-12(2)7-5-3-4-6-8-17-14-15-18-9-10-21(15)11-13(19-14)20-16/h9-12,20H,3-8,16H2,1-2H3,(H,17,19). The molecule has 2 aromatic heterocycles. The number of unbranched alkanes of at least 4 members (excludes halogenated alkanes) is 3. The molecule has 2 aromatic rings. The van der Waals surface area contributed by atoms with Crippen LogP contribution in [0.4, 0.5) is 11.6 Å². The van der Waals surface area contributed by atoms with Crippen LogP contribution in [0.1, 0.15) is 46.0 Å². The number of hydrogen-bond acceptors (Lipinski definition) is 5. The minimum Gasteiger partial charge on any atom is -0.367 e. The van der Waals surface area contributed by atoms with Crippen molar-refractivity contribution in [3.8, 4) is 0 Å². The molecule has 2 heterocycles. The second-order valence-corrected chi connectivity index (χ2v) is 5.80. The molecule has 0 bridgehead atoms. The van der Waals surface area contributed by atoms with E-state index < -0.39 is 0 Å². The second kappa shape index (κ2) is 7.83. The number of imidazole rings is 1. The van der Waals surface area contributed by atoms with E-state index in [4.69, 9.17) is 5.84 Å². The van der Waals surface area contributed by atoms with E-state index in [1.807, 2.05) is 16.8 Å². The SMILES string of the molecule is CC(C)CCCCCCNc1nc(NN)cn2ccnc12. The molecular formula is C15H26N6. The third-order valence-electron chi connectivity index (χ3n) is 3.52. The van der Waals surface area contributed by atoms with Crippen LogP contribution in [0.15, 0.2) is 18.6 Å². The van der Waals surface area contributed by atoms with Gasteiger partial charge in [-0.25, -0.2) is 15.8 Å². The van der Waals surface area contributed by atoms with Gasteiger partial charge in [-0.2, -0.15) is 0 Å². The molecular weight excluding hydrogens is 264 g/mol. The summed E-state index contributed by atoms with van der Waals surface area (Å²) in [6.45, 7) is 5.47. The number of hydrazine groups is 1. The Labute approximate surface area is 126 Å². The molecule has 0 amide bonds. The van der Waals surface area contributed by atoms with Gasteiger partial charge in [0.2, 0.25) is 0 Å².